The number of aliphatic carboxylic acids is 1. The second-order valence-electron chi connectivity index (χ2n) is 6.13. The second-order valence-corrected chi connectivity index (χ2v) is 6.13. The van der Waals surface area contributed by atoms with Gasteiger partial charge in [0, 0.05) is 13.1 Å². The van der Waals surface area contributed by atoms with Crippen LogP contribution in [0.5, 0.6) is 0 Å². The maximum absolute atomic E-state index is 10.8. The highest BCUT2D eigenvalue weighted by atomic mass is 16.4. The van der Waals surface area contributed by atoms with Crippen LogP contribution in [0.3, 0.4) is 0 Å². The molecule has 0 bridgehead atoms. The first-order valence-corrected chi connectivity index (χ1v) is 6.71. The van der Waals surface area contributed by atoms with Gasteiger partial charge in [0.1, 0.15) is 0 Å². The van der Waals surface area contributed by atoms with Crippen LogP contribution in [0, 0.1) is 26.2 Å². The molecule has 3 nitrogen and oxygen atoms in total. The van der Waals surface area contributed by atoms with E-state index in [0.717, 1.165) is 6.54 Å². The van der Waals surface area contributed by atoms with Gasteiger partial charge in [0.05, 0.1) is 6.42 Å². The van der Waals surface area contributed by atoms with Crippen molar-refractivity contribution in [2.45, 2.75) is 47.6 Å². The first-order valence-electron chi connectivity index (χ1n) is 6.71. The molecule has 1 aromatic rings. The van der Waals surface area contributed by atoms with Gasteiger partial charge in [-0.1, -0.05) is 26.0 Å². The van der Waals surface area contributed by atoms with Crippen molar-refractivity contribution in [1.29, 1.82) is 0 Å². The topological polar surface area (TPSA) is 49.3 Å². The summed E-state index contributed by atoms with van der Waals surface area (Å²) in [5, 5.41) is 12.2. The Hall–Kier alpha value is -1.35. The minimum Gasteiger partial charge on any atom is -0.481 e. The van der Waals surface area contributed by atoms with Gasteiger partial charge in [0.25, 0.3) is 0 Å². The number of benzene rings is 1. The van der Waals surface area contributed by atoms with Gasteiger partial charge >= 0.3 is 5.97 Å². The van der Waals surface area contributed by atoms with Crippen molar-refractivity contribution < 1.29 is 9.90 Å². The predicted octanol–water partition coefficient (Wildman–Crippen LogP) is 3.20. The number of rotatable bonds is 6. The van der Waals surface area contributed by atoms with Crippen LogP contribution in [0.2, 0.25) is 0 Å². The van der Waals surface area contributed by atoms with Crippen LogP contribution in [-0.2, 0) is 11.3 Å². The maximum Gasteiger partial charge on any atom is 0.303 e. The highest BCUT2D eigenvalue weighted by Gasteiger charge is 2.21. The standard InChI is InChI=1S/C16H25NO2/c1-11-6-7-14(13(3)12(11)2)9-17-10-16(4,5)8-15(18)19/h6-7,17H,8-10H2,1-5H3,(H,18,19). The fourth-order valence-corrected chi connectivity index (χ4v) is 2.21. The number of aryl methyl sites for hydroxylation is 1. The van der Waals surface area contributed by atoms with Gasteiger partial charge in [-0.3, -0.25) is 4.79 Å². The number of hydrogen-bond donors (Lipinski definition) is 2. The highest BCUT2D eigenvalue weighted by Crippen LogP contribution is 2.20. The molecule has 0 aliphatic rings. The summed E-state index contributed by atoms with van der Waals surface area (Å²) in [4.78, 5) is 10.8. The Labute approximate surface area is 116 Å². The Balaban J connectivity index is 2.59. The quantitative estimate of drug-likeness (QED) is 0.828. The van der Waals surface area contributed by atoms with Gasteiger partial charge in [-0.05, 0) is 48.4 Å². The summed E-state index contributed by atoms with van der Waals surface area (Å²) in [6.45, 7) is 11.8. The molecule has 0 saturated carbocycles. The Morgan fingerprint density at radius 1 is 1.21 bits per heavy atom. The molecule has 0 fully saturated rings. The van der Waals surface area contributed by atoms with E-state index in [9.17, 15) is 4.79 Å². The van der Waals surface area contributed by atoms with Gasteiger partial charge in [-0.15, -0.1) is 0 Å². The summed E-state index contributed by atoms with van der Waals surface area (Å²) < 4.78 is 0. The third kappa shape index (κ3) is 4.67. The SMILES string of the molecule is Cc1ccc(CNCC(C)(C)CC(=O)O)c(C)c1C. The van der Waals surface area contributed by atoms with Crippen molar-refractivity contribution >= 4 is 5.97 Å². The molecule has 0 atom stereocenters. The van der Waals surface area contributed by atoms with E-state index in [-0.39, 0.29) is 11.8 Å². The summed E-state index contributed by atoms with van der Waals surface area (Å²) >= 11 is 0. The van der Waals surface area contributed by atoms with Crippen molar-refractivity contribution in [3.63, 3.8) is 0 Å². The second kappa shape index (κ2) is 6.20. The van der Waals surface area contributed by atoms with Crippen molar-refractivity contribution in [3.8, 4) is 0 Å². The smallest absolute Gasteiger partial charge is 0.303 e. The minimum absolute atomic E-state index is 0.186. The van der Waals surface area contributed by atoms with Gasteiger partial charge in [-0.25, -0.2) is 0 Å². The molecular formula is C16H25NO2. The van der Waals surface area contributed by atoms with Crippen molar-refractivity contribution in [3.05, 3.63) is 34.4 Å². The molecule has 1 rings (SSSR count). The molecule has 0 unspecified atom stereocenters. The lowest BCUT2D eigenvalue weighted by atomic mass is 9.89. The molecule has 3 heteroatoms. The van der Waals surface area contributed by atoms with Gasteiger partial charge < -0.3 is 10.4 Å². The molecule has 0 aromatic heterocycles. The molecule has 106 valence electrons. The summed E-state index contributed by atoms with van der Waals surface area (Å²) in [5.41, 5.74) is 5.04. The van der Waals surface area contributed by atoms with Crippen LogP contribution >= 0.6 is 0 Å². The van der Waals surface area contributed by atoms with E-state index in [1.54, 1.807) is 0 Å². The van der Waals surface area contributed by atoms with E-state index >= 15 is 0 Å². The average molecular weight is 263 g/mol. The Kier molecular flexibility index (Phi) is 5.12. The van der Waals surface area contributed by atoms with Crippen molar-refractivity contribution in [2.75, 3.05) is 6.54 Å². The summed E-state index contributed by atoms with van der Waals surface area (Å²) in [6.07, 6.45) is 0.186. The molecule has 19 heavy (non-hydrogen) atoms. The number of hydrogen-bond acceptors (Lipinski definition) is 2. The van der Waals surface area contributed by atoms with Gasteiger partial charge in [0.15, 0.2) is 0 Å². The molecule has 2 N–H and O–H groups in total. The minimum atomic E-state index is -0.742. The largest absolute Gasteiger partial charge is 0.481 e. The van der Waals surface area contributed by atoms with Crippen LogP contribution < -0.4 is 5.32 Å². The van der Waals surface area contributed by atoms with E-state index in [4.69, 9.17) is 5.11 Å². The molecule has 0 aliphatic carbocycles. The van der Waals surface area contributed by atoms with Gasteiger partial charge in [0.2, 0.25) is 0 Å². The first-order chi connectivity index (χ1) is 8.73. The third-order valence-electron chi connectivity index (χ3n) is 3.72. The van der Waals surface area contributed by atoms with Crippen LogP contribution in [0.1, 0.15) is 42.5 Å². The number of carbonyl (C=O) groups is 1. The normalized spacial score (nSPS) is 11.6. The van der Waals surface area contributed by atoms with Crippen LogP contribution in [-0.4, -0.2) is 17.6 Å². The lowest BCUT2D eigenvalue weighted by Gasteiger charge is -2.23. The average Bonchev–Trinajstić information content (AvgIpc) is 2.27. The number of nitrogens with one attached hydrogen (secondary N) is 1. The van der Waals surface area contributed by atoms with Crippen LogP contribution in [0.15, 0.2) is 12.1 Å². The van der Waals surface area contributed by atoms with E-state index in [1.165, 1.54) is 22.3 Å². The molecular weight excluding hydrogens is 238 g/mol. The third-order valence-corrected chi connectivity index (χ3v) is 3.72. The number of carboxylic acids is 1. The number of carboxylic acid groups (broad SMARTS) is 1. The fraction of sp³-hybridized carbons (Fsp3) is 0.562. The zero-order valence-electron chi connectivity index (χ0n) is 12.6. The molecule has 0 spiro atoms. The summed E-state index contributed by atoms with van der Waals surface area (Å²) in [7, 11) is 0. The molecule has 0 heterocycles. The van der Waals surface area contributed by atoms with Gasteiger partial charge in [-0.2, -0.15) is 0 Å². The monoisotopic (exact) mass is 263 g/mol. The fourth-order valence-electron chi connectivity index (χ4n) is 2.21. The molecule has 0 radical (unpaired) electrons. The van der Waals surface area contributed by atoms with E-state index in [2.05, 4.69) is 38.2 Å². The van der Waals surface area contributed by atoms with Crippen LogP contribution in [0.4, 0.5) is 0 Å². The predicted molar refractivity (Wildman–Crippen MR) is 78.4 cm³/mol. The zero-order chi connectivity index (χ0) is 14.6. The maximum atomic E-state index is 10.8. The highest BCUT2D eigenvalue weighted by molar-refractivity contribution is 5.67. The Morgan fingerprint density at radius 3 is 2.42 bits per heavy atom. The van der Waals surface area contributed by atoms with Crippen LogP contribution in [0.25, 0.3) is 0 Å². The van der Waals surface area contributed by atoms with E-state index < -0.39 is 5.97 Å². The van der Waals surface area contributed by atoms with Crippen molar-refractivity contribution in [2.24, 2.45) is 5.41 Å². The first kappa shape index (κ1) is 15.7. The molecule has 1 aromatic carbocycles. The molecule has 0 saturated heterocycles. The Morgan fingerprint density at radius 2 is 1.84 bits per heavy atom. The summed E-state index contributed by atoms with van der Waals surface area (Å²) in [5.74, 6) is -0.742. The van der Waals surface area contributed by atoms with E-state index in [1.807, 2.05) is 13.8 Å². The zero-order valence-corrected chi connectivity index (χ0v) is 12.6. The lowest BCUT2D eigenvalue weighted by Crippen LogP contribution is -2.31. The molecule has 0 amide bonds. The summed E-state index contributed by atoms with van der Waals surface area (Å²) in [6, 6.07) is 4.29. The lowest BCUT2D eigenvalue weighted by molar-refractivity contribution is -0.139. The van der Waals surface area contributed by atoms with Crippen molar-refractivity contribution in [1.82, 2.24) is 5.32 Å². The molecule has 0 aliphatic heterocycles. The van der Waals surface area contributed by atoms with E-state index in [0.29, 0.717) is 6.54 Å². The Bertz CT molecular complexity index is 464.